The van der Waals surface area contributed by atoms with E-state index in [1.165, 1.54) is 65.2 Å². The van der Waals surface area contributed by atoms with Crippen LogP contribution in [0.5, 0.6) is 0 Å². The summed E-state index contributed by atoms with van der Waals surface area (Å²) in [6.07, 6.45) is -1.14. The van der Waals surface area contributed by atoms with Gasteiger partial charge in [-0.15, -0.1) is 11.8 Å². The number of benzene rings is 3. The third kappa shape index (κ3) is 9.56. The molecule has 2 aliphatic rings. The van der Waals surface area contributed by atoms with Gasteiger partial charge in [-0.3, -0.25) is 29.8 Å². The Morgan fingerprint density at radius 2 is 1.33 bits per heavy atom. The molecule has 3 aromatic rings. The van der Waals surface area contributed by atoms with Crippen molar-refractivity contribution in [1.29, 1.82) is 0 Å². The van der Waals surface area contributed by atoms with Crippen molar-refractivity contribution in [3.05, 3.63) is 116 Å². The summed E-state index contributed by atoms with van der Waals surface area (Å²) in [4.78, 5) is 88.0. The van der Waals surface area contributed by atoms with Crippen LogP contribution >= 0.6 is 11.8 Å². The Bertz CT molecular complexity index is 1940. The number of non-ortho nitro benzene ring substituents is 2. The van der Waals surface area contributed by atoms with E-state index in [9.17, 15) is 44.2 Å². The van der Waals surface area contributed by atoms with Crippen LogP contribution in [0.2, 0.25) is 0 Å². The lowest BCUT2D eigenvalue weighted by molar-refractivity contribution is -0.385. The number of ether oxygens (including phenoxy) is 3. The summed E-state index contributed by atoms with van der Waals surface area (Å²) in [7, 11) is 0. The summed E-state index contributed by atoms with van der Waals surface area (Å²) in [5.41, 5.74) is 0.102. The highest BCUT2D eigenvalue weighted by molar-refractivity contribution is 8.01. The second-order valence-corrected chi connectivity index (χ2v) is 15.4. The molecule has 0 spiro atoms. The van der Waals surface area contributed by atoms with E-state index in [0.29, 0.717) is 11.1 Å². The normalized spacial score (nSPS) is 19.9. The van der Waals surface area contributed by atoms with Gasteiger partial charge in [0.2, 0.25) is 5.91 Å². The smallest absolute Gasteiger partial charge is 0.408 e. The summed E-state index contributed by atoms with van der Waals surface area (Å²) in [6, 6.07) is 17.7. The summed E-state index contributed by atoms with van der Waals surface area (Å²) >= 11 is 1.38. The highest BCUT2D eigenvalue weighted by Crippen LogP contribution is 2.55. The molecular weight excluding hydrogens is 738 g/mol. The Hall–Kier alpha value is -6.04. The fourth-order valence-electron chi connectivity index (χ4n) is 6.21. The first-order chi connectivity index (χ1) is 26.1. The molecule has 2 heterocycles. The molecule has 17 nitrogen and oxygen atoms in total. The summed E-state index contributed by atoms with van der Waals surface area (Å²) < 4.78 is 15.4. The number of fused-ring (bicyclic) bond motifs is 1. The first-order valence-corrected chi connectivity index (χ1v) is 18.1. The maximum absolute atomic E-state index is 13.5. The van der Waals surface area contributed by atoms with Gasteiger partial charge in [0, 0.05) is 35.4 Å². The van der Waals surface area contributed by atoms with Gasteiger partial charge in [-0.1, -0.05) is 30.3 Å². The number of amides is 3. The molecule has 2 fully saturated rings. The molecule has 290 valence electrons. The number of nitrogens with zero attached hydrogens (tertiary/aromatic N) is 3. The summed E-state index contributed by atoms with van der Waals surface area (Å²) in [5.74, 6) is -2.34. The van der Waals surface area contributed by atoms with Crippen LogP contribution in [0.3, 0.4) is 0 Å². The van der Waals surface area contributed by atoms with E-state index in [0.717, 1.165) is 5.56 Å². The summed E-state index contributed by atoms with van der Waals surface area (Å²) in [5, 5.41) is 26.6. The summed E-state index contributed by atoms with van der Waals surface area (Å²) in [6.45, 7) is 4.80. The van der Waals surface area contributed by atoms with Crippen molar-refractivity contribution >= 4 is 53.0 Å². The molecule has 0 aliphatic carbocycles. The maximum Gasteiger partial charge on any atom is 0.408 e. The SMILES string of the molecule is CC1(C)S[C@H]2N(C(=O)[C@@]2(C)NC(=O)CCC[C@@H](NC(=O)OCc2ccc([N+](=O)[O-])cc2)C(=O)OCc2ccc([N+](=O)[O-])cc2)[C@H]1C(=O)OCc1ccccc1. The molecule has 5 rings (SSSR count). The van der Waals surface area contributed by atoms with E-state index in [-0.39, 0.29) is 50.5 Å². The number of carbonyl (C=O) groups excluding carboxylic acids is 5. The average molecular weight is 778 g/mol. The van der Waals surface area contributed by atoms with E-state index in [2.05, 4.69) is 10.6 Å². The number of nitro benzene ring substituents is 2. The monoisotopic (exact) mass is 777 g/mol. The van der Waals surface area contributed by atoms with Crippen molar-refractivity contribution in [3.63, 3.8) is 0 Å². The van der Waals surface area contributed by atoms with Gasteiger partial charge in [-0.2, -0.15) is 0 Å². The number of hydrogen-bond donors (Lipinski definition) is 2. The minimum absolute atomic E-state index is 0.0512. The third-order valence-corrected chi connectivity index (χ3v) is 10.9. The molecule has 0 aromatic heterocycles. The van der Waals surface area contributed by atoms with Crippen molar-refractivity contribution < 1.29 is 48.0 Å². The van der Waals surface area contributed by atoms with Gasteiger partial charge in [0.1, 0.15) is 42.8 Å². The molecule has 55 heavy (non-hydrogen) atoms. The zero-order valence-electron chi connectivity index (χ0n) is 30.1. The van der Waals surface area contributed by atoms with Crippen LogP contribution in [0.25, 0.3) is 0 Å². The Morgan fingerprint density at radius 3 is 1.89 bits per heavy atom. The van der Waals surface area contributed by atoms with Crippen molar-refractivity contribution in [2.24, 2.45) is 0 Å². The minimum Gasteiger partial charge on any atom is -0.459 e. The third-order valence-electron chi connectivity index (χ3n) is 9.14. The lowest BCUT2D eigenvalue weighted by atomic mass is 9.86. The first kappa shape index (κ1) is 40.2. The molecule has 3 amide bonds. The van der Waals surface area contributed by atoms with Crippen molar-refractivity contribution in [1.82, 2.24) is 15.5 Å². The van der Waals surface area contributed by atoms with Crippen LogP contribution < -0.4 is 10.6 Å². The number of alkyl carbamates (subject to hydrolysis) is 1. The van der Waals surface area contributed by atoms with E-state index < -0.39 is 67.4 Å². The van der Waals surface area contributed by atoms with Crippen LogP contribution in [-0.2, 0) is 53.2 Å². The molecule has 2 saturated heterocycles. The quantitative estimate of drug-likeness (QED) is 0.0662. The standard InChI is InChI=1S/C37H39N5O12S/c1-36(2)30(32(45)53-20-23-8-5-4-6-9-23)40-33(46)37(3,34(40)55-36)39-29(43)11-7-10-28(31(44)52-21-24-12-16-26(17-13-24)41(48)49)38-35(47)54-22-25-14-18-27(19-15-25)42(50)51/h4-6,8-9,12-19,28,30,34H,7,10-11,20-22H2,1-3H3,(H,38,47)(H,39,43)/t28-,30+,34-,37-/m1/s1. The highest BCUT2D eigenvalue weighted by atomic mass is 32.2. The number of carbonyl (C=O) groups is 5. The van der Waals surface area contributed by atoms with Crippen LogP contribution in [0.1, 0.15) is 56.7 Å². The topological polar surface area (TPSA) is 227 Å². The van der Waals surface area contributed by atoms with Gasteiger partial charge in [0.15, 0.2) is 0 Å². The van der Waals surface area contributed by atoms with Crippen molar-refractivity contribution in [2.45, 2.75) is 87.6 Å². The predicted octanol–water partition coefficient (Wildman–Crippen LogP) is 4.69. The fourth-order valence-corrected chi connectivity index (χ4v) is 7.85. The fraction of sp³-hybridized carbons (Fsp3) is 0.378. The molecular formula is C37H39N5O12S. The predicted molar refractivity (Wildman–Crippen MR) is 196 cm³/mol. The van der Waals surface area contributed by atoms with E-state index in [1.807, 2.05) is 44.2 Å². The van der Waals surface area contributed by atoms with Gasteiger partial charge in [0.05, 0.1) is 9.85 Å². The van der Waals surface area contributed by atoms with Gasteiger partial charge < -0.3 is 29.7 Å². The lowest BCUT2D eigenvalue weighted by Gasteiger charge is -2.51. The number of nitro groups is 2. The van der Waals surface area contributed by atoms with Gasteiger partial charge in [-0.05, 0) is 74.6 Å². The minimum atomic E-state index is -1.31. The molecule has 18 heteroatoms. The van der Waals surface area contributed by atoms with Crippen LogP contribution in [0.15, 0.2) is 78.9 Å². The van der Waals surface area contributed by atoms with E-state index in [1.54, 1.807) is 6.92 Å². The molecule has 3 aromatic carbocycles. The largest absolute Gasteiger partial charge is 0.459 e. The molecule has 2 N–H and O–H groups in total. The van der Waals surface area contributed by atoms with Gasteiger partial charge >= 0.3 is 18.0 Å². The molecule has 4 atom stereocenters. The van der Waals surface area contributed by atoms with E-state index >= 15 is 0 Å². The Kier molecular flexibility index (Phi) is 12.4. The molecule has 0 radical (unpaired) electrons. The number of esters is 2. The zero-order chi connectivity index (χ0) is 39.9. The van der Waals surface area contributed by atoms with Crippen LogP contribution in [0, 0.1) is 20.2 Å². The Labute approximate surface area is 319 Å². The van der Waals surface area contributed by atoms with Gasteiger partial charge in [-0.25, -0.2) is 14.4 Å². The molecule has 2 aliphatic heterocycles. The second kappa shape index (κ2) is 17.0. The van der Waals surface area contributed by atoms with Crippen LogP contribution in [0.4, 0.5) is 16.2 Å². The number of rotatable bonds is 16. The number of hydrogen-bond acceptors (Lipinski definition) is 13. The highest BCUT2D eigenvalue weighted by Gasteiger charge is 2.70. The number of nitrogens with one attached hydrogen (secondary N) is 2. The Balaban J connectivity index is 1.16. The lowest BCUT2D eigenvalue weighted by Crippen LogP contribution is -2.78. The van der Waals surface area contributed by atoms with Crippen LogP contribution in [-0.4, -0.2) is 72.3 Å². The van der Waals surface area contributed by atoms with Gasteiger partial charge in [0.25, 0.3) is 17.3 Å². The molecule has 0 unspecified atom stereocenters. The van der Waals surface area contributed by atoms with E-state index in [4.69, 9.17) is 14.2 Å². The maximum atomic E-state index is 13.5. The second-order valence-electron chi connectivity index (χ2n) is 13.7. The number of thioether (sulfide) groups is 1. The Morgan fingerprint density at radius 1 is 0.800 bits per heavy atom. The zero-order valence-corrected chi connectivity index (χ0v) is 30.9. The van der Waals surface area contributed by atoms with Crippen molar-refractivity contribution in [2.75, 3.05) is 0 Å². The van der Waals surface area contributed by atoms with Crippen molar-refractivity contribution in [3.8, 4) is 0 Å². The molecule has 0 saturated carbocycles. The number of β-lactam (4-membered cyclic amide) rings is 1. The molecule has 0 bridgehead atoms. The first-order valence-electron chi connectivity index (χ1n) is 17.2. The average Bonchev–Trinajstić information content (AvgIpc) is 3.44.